The van der Waals surface area contributed by atoms with E-state index < -0.39 is 12.2 Å². The molecule has 3 aliphatic rings. The van der Waals surface area contributed by atoms with Gasteiger partial charge >= 0.3 is 5.97 Å². The van der Waals surface area contributed by atoms with Crippen molar-refractivity contribution in [3.05, 3.63) is 12.2 Å². The molecule has 3 fully saturated rings. The van der Waals surface area contributed by atoms with Crippen LogP contribution in [0.25, 0.3) is 0 Å². The van der Waals surface area contributed by atoms with Crippen molar-refractivity contribution in [1.29, 1.82) is 0 Å². The first-order chi connectivity index (χ1) is 8.91. The molecule has 0 spiro atoms. The predicted molar refractivity (Wildman–Crippen MR) is 69.1 cm³/mol. The predicted octanol–water partition coefficient (Wildman–Crippen LogP) is 1.12. The third-order valence-corrected chi connectivity index (χ3v) is 5.64. The second-order valence-electron chi connectivity index (χ2n) is 6.53. The molecule has 1 heterocycles. The molecule has 4 nitrogen and oxygen atoms in total. The van der Waals surface area contributed by atoms with Gasteiger partial charge < -0.3 is 14.9 Å². The Kier molecular flexibility index (Phi) is 2.98. The van der Waals surface area contributed by atoms with E-state index in [2.05, 4.69) is 6.58 Å². The highest BCUT2D eigenvalue weighted by atomic mass is 16.6. The molecule has 0 aromatic heterocycles. The third kappa shape index (κ3) is 1.77. The number of hydrogen-bond acceptors (Lipinski definition) is 4. The summed E-state index contributed by atoms with van der Waals surface area (Å²) in [5, 5.41) is 20.4. The van der Waals surface area contributed by atoms with Crippen molar-refractivity contribution in [3.8, 4) is 0 Å². The molecule has 3 rings (SSSR count). The van der Waals surface area contributed by atoms with E-state index in [1.807, 2.05) is 13.8 Å². The van der Waals surface area contributed by atoms with Crippen LogP contribution in [0, 0.1) is 29.6 Å². The molecule has 0 radical (unpaired) electrons. The number of carbonyl (C=O) groups excluding carboxylic acids is 1. The summed E-state index contributed by atoms with van der Waals surface area (Å²) in [5.41, 5.74) is 0.811. The maximum Gasteiger partial charge on any atom is 0.309 e. The summed E-state index contributed by atoms with van der Waals surface area (Å²) in [6, 6.07) is 0. The van der Waals surface area contributed by atoms with E-state index in [9.17, 15) is 15.0 Å². The van der Waals surface area contributed by atoms with Gasteiger partial charge in [-0.3, -0.25) is 4.79 Å². The topological polar surface area (TPSA) is 66.8 Å². The molecule has 1 aliphatic heterocycles. The SMILES string of the molecule is C=C1[C@H](O)C[C@@H]2[C@H](OC(=O)[C@H]2C)[C@H]2[C@@H](C)[C@H](O)C[C@@H]12. The molecule has 0 unspecified atom stereocenters. The van der Waals surface area contributed by atoms with E-state index in [0.29, 0.717) is 12.8 Å². The van der Waals surface area contributed by atoms with Crippen LogP contribution in [0.4, 0.5) is 0 Å². The lowest BCUT2D eigenvalue weighted by atomic mass is 9.78. The van der Waals surface area contributed by atoms with E-state index in [-0.39, 0.29) is 41.7 Å². The minimum Gasteiger partial charge on any atom is -0.461 e. The van der Waals surface area contributed by atoms with E-state index in [1.165, 1.54) is 0 Å². The van der Waals surface area contributed by atoms with Gasteiger partial charge in [-0.15, -0.1) is 0 Å². The first kappa shape index (κ1) is 13.1. The average Bonchev–Trinajstić information content (AvgIpc) is 2.77. The fraction of sp³-hybridized carbons (Fsp3) is 0.800. The van der Waals surface area contributed by atoms with Gasteiger partial charge in [-0.05, 0) is 30.3 Å². The highest BCUT2D eigenvalue weighted by Crippen LogP contribution is 2.52. The van der Waals surface area contributed by atoms with Gasteiger partial charge in [-0.2, -0.15) is 0 Å². The minimum absolute atomic E-state index is 0.0435. The number of esters is 1. The van der Waals surface area contributed by atoms with E-state index >= 15 is 0 Å². The number of aliphatic hydroxyl groups excluding tert-OH is 2. The highest BCUT2D eigenvalue weighted by molar-refractivity contribution is 5.75. The van der Waals surface area contributed by atoms with Crippen LogP contribution in [0.3, 0.4) is 0 Å². The van der Waals surface area contributed by atoms with Crippen LogP contribution >= 0.6 is 0 Å². The summed E-state index contributed by atoms with van der Waals surface area (Å²) in [6.07, 6.45) is 0.0149. The summed E-state index contributed by atoms with van der Waals surface area (Å²) in [5.74, 6) is -0.0514. The molecule has 0 bridgehead atoms. The lowest BCUT2D eigenvalue weighted by molar-refractivity contribution is -0.146. The largest absolute Gasteiger partial charge is 0.461 e. The maximum atomic E-state index is 11.8. The number of hydrogen-bond donors (Lipinski definition) is 2. The number of ether oxygens (including phenoxy) is 1. The Morgan fingerprint density at radius 1 is 1.26 bits per heavy atom. The van der Waals surface area contributed by atoms with Crippen LogP contribution in [0.15, 0.2) is 12.2 Å². The second-order valence-corrected chi connectivity index (χ2v) is 6.53. The van der Waals surface area contributed by atoms with Gasteiger partial charge in [0.15, 0.2) is 0 Å². The third-order valence-electron chi connectivity index (χ3n) is 5.64. The number of rotatable bonds is 0. The first-order valence-corrected chi connectivity index (χ1v) is 7.17. The van der Waals surface area contributed by atoms with Gasteiger partial charge in [0.25, 0.3) is 0 Å². The monoisotopic (exact) mass is 266 g/mol. The van der Waals surface area contributed by atoms with Gasteiger partial charge in [0, 0.05) is 11.8 Å². The maximum absolute atomic E-state index is 11.8. The molecule has 2 aliphatic carbocycles. The molecule has 8 atom stereocenters. The summed E-state index contributed by atoms with van der Waals surface area (Å²) >= 11 is 0. The van der Waals surface area contributed by atoms with E-state index in [4.69, 9.17) is 4.74 Å². The Balaban J connectivity index is 2.00. The smallest absolute Gasteiger partial charge is 0.309 e. The molecule has 0 aromatic rings. The lowest BCUT2D eigenvalue weighted by Crippen LogP contribution is -2.33. The standard InChI is InChI=1S/C15H22O4/c1-6-9-4-12(17)8(3)13(9)14-10(5-11(6)16)7(2)15(18)19-14/h7-14,16-17H,1,4-5H2,2-3H3/t7-,8-,9-,10-,11+,12+,13-,14-/m0/s1. The Bertz CT molecular complexity index is 418. The lowest BCUT2D eigenvalue weighted by Gasteiger charge is -2.29. The highest BCUT2D eigenvalue weighted by Gasteiger charge is 2.56. The first-order valence-electron chi connectivity index (χ1n) is 7.17. The van der Waals surface area contributed by atoms with Crippen LogP contribution in [0.1, 0.15) is 26.7 Å². The molecule has 0 amide bonds. The van der Waals surface area contributed by atoms with E-state index in [1.54, 1.807) is 0 Å². The van der Waals surface area contributed by atoms with Crippen LogP contribution in [0.2, 0.25) is 0 Å². The van der Waals surface area contributed by atoms with Gasteiger partial charge in [0.05, 0.1) is 18.1 Å². The Hall–Kier alpha value is -0.870. The quantitative estimate of drug-likeness (QED) is 0.509. The zero-order valence-corrected chi connectivity index (χ0v) is 11.5. The minimum atomic E-state index is -0.586. The Labute approximate surface area is 113 Å². The zero-order chi connectivity index (χ0) is 13.9. The normalized spacial score (nSPS) is 53.5. The van der Waals surface area contributed by atoms with Crippen LogP contribution in [-0.2, 0) is 9.53 Å². The molecule has 106 valence electrons. The van der Waals surface area contributed by atoms with Crippen molar-refractivity contribution < 1.29 is 19.7 Å². The molecular weight excluding hydrogens is 244 g/mol. The zero-order valence-electron chi connectivity index (χ0n) is 11.5. The van der Waals surface area contributed by atoms with Gasteiger partial charge in [0.1, 0.15) is 6.10 Å². The molecule has 19 heavy (non-hydrogen) atoms. The Morgan fingerprint density at radius 2 is 1.95 bits per heavy atom. The summed E-state index contributed by atoms with van der Waals surface area (Å²) in [7, 11) is 0. The summed E-state index contributed by atoms with van der Waals surface area (Å²) < 4.78 is 5.58. The molecule has 1 saturated heterocycles. The van der Waals surface area contributed by atoms with Crippen molar-refractivity contribution in [2.75, 3.05) is 0 Å². The van der Waals surface area contributed by atoms with Crippen LogP contribution in [0.5, 0.6) is 0 Å². The van der Waals surface area contributed by atoms with Gasteiger partial charge in [0.2, 0.25) is 0 Å². The van der Waals surface area contributed by atoms with Crippen molar-refractivity contribution in [2.24, 2.45) is 29.6 Å². The molecule has 2 N–H and O–H groups in total. The van der Waals surface area contributed by atoms with Gasteiger partial charge in [-0.1, -0.05) is 20.4 Å². The number of carbonyl (C=O) groups is 1. The molecule has 0 aromatic carbocycles. The molecular formula is C15H22O4. The van der Waals surface area contributed by atoms with E-state index in [0.717, 1.165) is 5.57 Å². The number of aliphatic hydroxyl groups is 2. The molecule has 2 saturated carbocycles. The Morgan fingerprint density at radius 3 is 2.63 bits per heavy atom. The average molecular weight is 266 g/mol. The van der Waals surface area contributed by atoms with Crippen molar-refractivity contribution in [3.63, 3.8) is 0 Å². The molecule has 4 heteroatoms. The van der Waals surface area contributed by atoms with Gasteiger partial charge in [-0.25, -0.2) is 0 Å². The van der Waals surface area contributed by atoms with Crippen LogP contribution in [-0.4, -0.2) is 34.5 Å². The number of fused-ring (bicyclic) bond motifs is 3. The van der Waals surface area contributed by atoms with Crippen LogP contribution < -0.4 is 0 Å². The summed E-state index contributed by atoms with van der Waals surface area (Å²) in [4.78, 5) is 11.8. The van der Waals surface area contributed by atoms with Crippen molar-refractivity contribution in [1.82, 2.24) is 0 Å². The fourth-order valence-corrected chi connectivity index (χ4v) is 4.33. The van der Waals surface area contributed by atoms with Crippen molar-refractivity contribution in [2.45, 2.75) is 45.0 Å². The summed E-state index contributed by atoms with van der Waals surface area (Å²) in [6.45, 7) is 7.92. The van der Waals surface area contributed by atoms with Crippen molar-refractivity contribution >= 4 is 5.97 Å². The fourth-order valence-electron chi connectivity index (χ4n) is 4.33. The second kappa shape index (κ2) is 4.32.